The molecule has 5 nitrogen and oxygen atoms in total. The van der Waals surface area contributed by atoms with E-state index in [9.17, 15) is 20.1 Å². The van der Waals surface area contributed by atoms with Gasteiger partial charge in [-0.1, -0.05) is 26.8 Å². The highest BCUT2D eigenvalue weighted by Gasteiger charge is 2.65. The molecule has 0 spiro atoms. The van der Waals surface area contributed by atoms with Crippen LogP contribution in [-0.4, -0.2) is 27.3 Å². The van der Waals surface area contributed by atoms with Crippen LogP contribution in [0.2, 0.25) is 0 Å². The van der Waals surface area contributed by atoms with E-state index in [2.05, 4.69) is 26.1 Å². The fourth-order valence-electron chi connectivity index (χ4n) is 4.85. The maximum Gasteiger partial charge on any atom is 0.224 e. The van der Waals surface area contributed by atoms with E-state index in [4.69, 9.17) is 0 Å². The normalized spacial score (nSPS) is 34.5. The Balaban J connectivity index is 1.75. The molecule has 1 aromatic carbocycles. The van der Waals surface area contributed by atoms with Crippen molar-refractivity contribution in [1.29, 1.82) is 0 Å². The summed E-state index contributed by atoms with van der Waals surface area (Å²) in [6.45, 7) is 6.48. The van der Waals surface area contributed by atoms with Crippen LogP contribution in [0.3, 0.4) is 0 Å². The van der Waals surface area contributed by atoms with Crippen molar-refractivity contribution < 1.29 is 20.1 Å². The summed E-state index contributed by atoms with van der Waals surface area (Å²) in [5, 5.41) is 32.8. The first-order valence-corrected chi connectivity index (χ1v) is 8.17. The highest BCUT2D eigenvalue weighted by molar-refractivity contribution is 5.94. The van der Waals surface area contributed by atoms with Gasteiger partial charge in [0.25, 0.3) is 0 Å². The fourth-order valence-corrected chi connectivity index (χ4v) is 4.85. The molecule has 1 aromatic rings. The Labute approximate surface area is 136 Å². The molecule has 2 saturated carbocycles. The Hall–Kier alpha value is -1.75. The Morgan fingerprint density at radius 1 is 1.26 bits per heavy atom. The molecule has 0 aliphatic heterocycles. The molecule has 4 atom stereocenters. The van der Waals surface area contributed by atoms with Crippen LogP contribution in [0.1, 0.15) is 40.0 Å². The lowest BCUT2D eigenvalue weighted by molar-refractivity contribution is -0.119. The van der Waals surface area contributed by atoms with Crippen molar-refractivity contribution >= 4 is 11.6 Å². The predicted molar refractivity (Wildman–Crippen MR) is 87.1 cm³/mol. The van der Waals surface area contributed by atoms with Crippen LogP contribution in [0, 0.1) is 22.7 Å². The SMILES string of the molecule is CC1(C)C2CCC1(C)C(O)C2CC(=O)Nc1c(O)cccc1O. The smallest absolute Gasteiger partial charge is 0.224 e. The van der Waals surface area contributed by atoms with E-state index in [0.29, 0.717) is 5.92 Å². The number of fused-ring (bicyclic) bond motifs is 2. The van der Waals surface area contributed by atoms with Gasteiger partial charge in [-0.3, -0.25) is 4.79 Å². The Morgan fingerprint density at radius 2 is 1.87 bits per heavy atom. The molecule has 126 valence electrons. The fraction of sp³-hybridized carbons (Fsp3) is 0.611. The number of para-hydroxylation sites is 1. The van der Waals surface area contributed by atoms with Crippen LogP contribution >= 0.6 is 0 Å². The lowest BCUT2D eigenvalue weighted by Crippen LogP contribution is -2.38. The lowest BCUT2D eigenvalue weighted by Gasteiger charge is -2.37. The molecule has 0 saturated heterocycles. The van der Waals surface area contributed by atoms with Gasteiger partial charge in [-0.15, -0.1) is 0 Å². The quantitative estimate of drug-likeness (QED) is 0.645. The molecule has 23 heavy (non-hydrogen) atoms. The highest BCUT2D eigenvalue weighted by atomic mass is 16.3. The van der Waals surface area contributed by atoms with Gasteiger partial charge in [0, 0.05) is 6.42 Å². The molecule has 4 N–H and O–H groups in total. The summed E-state index contributed by atoms with van der Waals surface area (Å²) in [4.78, 5) is 12.4. The second kappa shape index (κ2) is 5.13. The van der Waals surface area contributed by atoms with Gasteiger partial charge in [-0.25, -0.2) is 0 Å². The van der Waals surface area contributed by atoms with E-state index < -0.39 is 6.10 Å². The van der Waals surface area contributed by atoms with Gasteiger partial charge in [0.2, 0.25) is 5.91 Å². The molecule has 2 aliphatic rings. The number of aliphatic hydroxyl groups excluding tert-OH is 1. The number of amides is 1. The minimum absolute atomic E-state index is 0.00832. The first-order chi connectivity index (χ1) is 10.7. The minimum Gasteiger partial charge on any atom is -0.506 e. The van der Waals surface area contributed by atoms with Gasteiger partial charge >= 0.3 is 0 Å². The highest BCUT2D eigenvalue weighted by Crippen LogP contribution is 2.68. The number of aliphatic hydroxyl groups is 1. The summed E-state index contributed by atoms with van der Waals surface area (Å²) >= 11 is 0. The summed E-state index contributed by atoms with van der Waals surface area (Å²) in [5.74, 6) is -0.404. The van der Waals surface area contributed by atoms with E-state index in [-0.39, 0.29) is 46.3 Å². The summed E-state index contributed by atoms with van der Waals surface area (Å²) in [5.41, 5.74) is -0.116. The summed E-state index contributed by atoms with van der Waals surface area (Å²) in [7, 11) is 0. The van der Waals surface area contributed by atoms with Crippen LogP contribution in [-0.2, 0) is 4.79 Å². The van der Waals surface area contributed by atoms with Crippen LogP contribution in [0.25, 0.3) is 0 Å². The molecular formula is C18H25NO4. The Kier molecular flexibility index (Phi) is 3.59. The van der Waals surface area contributed by atoms with Gasteiger partial charge in [0.1, 0.15) is 17.2 Å². The van der Waals surface area contributed by atoms with Crippen LogP contribution in [0.5, 0.6) is 11.5 Å². The van der Waals surface area contributed by atoms with Crippen molar-refractivity contribution in [1.82, 2.24) is 0 Å². The molecule has 2 fully saturated rings. The zero-order valence-electron chi connectivity index (χ0n) is 13.8. The number of hydrogen-bond donors (Lipinski definition) is 4. The third-order valence-corrected chi connectivity index (χ3v) is 6.65. The molecule has 2 aliphatic carbocycles. The van der Waals surface area contributed by atoms with E-state index in [0.717, 1.165) is 12.8 Å². The van der Waals surface area contributed by atoms with Gasteiger partial charge in [0.05, 0.1) is 6.10 Å². The number of nitrogens with one attached hydrogen (secondary N) is 1. The first-order valence-electron chi connectivity index (χ1n) is 8.17. The molecule has 0 heterocycles. The van der Waals surface area contributed by atoms with Gasteiger partial charge in [0.15, 0.2) is 0 Å². The number of phenolic OH excluding ortho intramolecular Hbond substituents is 2. The molecule has 5 heteroatoms. The molecule has 4 unspecified atom stereocenters. The largest absolute Gasteiger partial charge is 0.506 e. The molecule has 0 aromatic heterocycles. The first kappa shape index (κ1) is 16.1. The Bertz CT molecular complexity index is 622. The van der Waals surface area contributed by atoms with Gasteiger partial charge in [-0.05, 0) is 47.6 Å². The number of rotatable bonds is 3. The van der Waals surface area contributed by atoms with Crippen molar-refractivity contribution in [2.24, 2.45) is 22.7 Å². The number of carbonyl (C=O) groups excluding carboxylic acids is 1. The van der Waals surface area contributed by atoms with E-state index in [1.807, 2.05) is 0 Å². The predicted octanol–water partition coefficient (Wildman–Crippen LogP) is 2.86. The maximum atomic E-state index is 12.4. The lowest BCUT2D eigenvalue weighted by atomic mass is 9.70. The number of anilines is 1. The molecule has 1 amide bonds. The van der Waals surface area contributed by atoms with Crippen molar-refractivity contribution in [3.63, 3.8) is 0 Å². The van der Waals surface area contributed by atoms with Crippen molar-refractivity contribution in [2.45, 2.75) is 46.1 Å². The van der Waals surface area contributed by atoms with Gasteiger partial charge < -0.3 is 20.6 Å². The van der Waals surface area contributed by atoms with Gasteiger partial charge in [-0.2, -0.15) is 0 Å². The second-order valence-electron chi connectivity index (χ2n) is 7.82. The summed E-state index contributed by atoms with van der Waals surface area (Å²) in [6, 6.07) is 4.32. The van der Waals surface area contributed by atoms with E-state index >= 15 is 0 Å². The van der Waals surface area contributed by atoms with Crippen molar-refractivity contribution in [3.8, 4) is 11.5 Å². The molecule has 2 bridgehead atoms. The average molecular weight is 319 g/mol. The molecular weight excluding hydrogens is 294 g/mol. The number of phenols is 2. The number of carbonyl (C=O) groups is 1. The average Bonchev–Trinajstić information content (AvgIpc) is 2.77. The number of hydrogen-bond acceptors (Lipinski definition) is 4. The zero-order chi connectivity index (χ0) is 17.0. The Morgan fingerprint density at radius 3 is 2.39 bits per heavy atom. The monoisotopic (exact) mass is 319 g/mol. The standard InChI is InChI=1S/C18H25NO4/c1-17(2)11-7-8-18(17,3)16(23)10(11)9-14(22)19-15-12(20)5-4-6-13(15)21/h4-6,10-11,16,20-21,23H,7-9H2,1-3H3,(H,19,22). The molecule has 3 rings (SSSR count). The number of aromatic hydroxyl groups is 2. The van der Waals surface area contributed by atoms with E-state index in [1.165, 1.54) is 18.2 Å². The van der Waals surface area contributed by atoms with Crippen LogP contribution < -0.4 is 5.32 Å². The summed E-state index contributed by atoms with van der Waals surface area (Å²) < 4.78 is 0. The topological polar surface area (TPSA) is 89.8 Å². The molecule has 0 radical (unpaired) electrons. The maximum absolute atomic E-state index is 12.4. The summed E-state index contributed by atoms with van der Waals surface area (Å²) in [6.07, 6.45) is 1.71. The minimum atomic E-state index is -0.500. The van der Waals surface area contributed by atoms with E-state index in [1.54, 1.807) is 0 Å². The van der Waals surface area contributed by atoms with Crippen LogP contribution in [0.4, 0.5) is 5.69 Å². The third-order valence-electron chi connectivity index (χ3n) is 6.65. The third kappa shape index (κ3) is 2.21. The van der Waals surface area contributed by atoms with Crippen molar-refractivity contribution in [2.75, 3.05) is 5.32 Å². The zero-order valence-corrected chi connectivity index (χ0v) is 13.8. The van der Waals surface area contributed by atoms with Crippen molar-refractivity contribution in [3.05, 3.63) is 18.2 Å². The number of benzene rings is 1. The van der Waals surface area contributed by atoms with Crippen LogP contribution in [0.15, 0.2) is 18.2 Å². The second-order valence-corrected chi connectivity index (χ2v) is 7.82.